The first-order valence-corrected chi connectivity index (χ1v) is 7.55. The maximum Gasteiger partial charge on any atom is 0.126 e. The average Bonchev–Trinajstić information content (AvgIpc) is 2.41. The first-order chi connectivity index (χ1) is 9.51. The van der Waals surface area contributed by atoms with E-state index < -0.39 is 0 Å². The number of nitrogens with one attached hydrogen (secondary N) is 1. The standard InChI is InChI=1S/C16H16BrClFN/c1-10-7-12(4-6-15(10)19)16(20-2)8-11-3-5-13(17)9-14(11)18/h3-7,9,16,20H,8H2,1-2H3. The van der Waals surface area contributed by atoms with Crippen LogP contribution in [0.1, 0.15) is 22.7 Å². The van der Waals surface area contributed by atoms with E-state index in [4.69, 9.17) is 11.6 Å². The lowest BCUT2D eigenvalue weighted by molar-refractivity contribution is 0.583. The summed E-state index contributed by atoms with van der Waals surface area (Å²) >= 11 is 9.66. The van der Waals surface area contributed by atoms with Gasteiger partial charge in [0.25, 0.3) is 0 Å². The molecule has 0 aromatic heterocycles. The van der Waals surface area contributed by atoms with Crippen molar-refractivity contribution in [1.29, 1.82) is 0 Å². The Bertz CT molecular complexity index is 615. The van der Waals surface area contributed by atoms with E-state index >= 15 is 0 Å². The first kappa shape index (κ1) is 15.5. The number of rotatable bonds is 4. The molecule has 0 heterocycles. The fourth-order valence-corrected chi connectivity index (χ4v) is 2.93. The van der Waals surface area contributed by atoms with E-state index in [9.17, 15) is 4.39 Å². The van der Waals surface area contributed by atoms with Crippen LogP contribution < -0.4 is 5.32 Å². The smallest absolute Gasteiger partial charge is 0.126 e. The van der Waals surface area contributed by atoms with E-state index in [0.717, 1.165) is 27.0 Å². The van der Waals surface area contributed by atoms with Gasteiger partial charge in [-0.25, -0.2) is 4.39 Å². The number of aryl methyl sites for hydroxylation is 1. The van der Waals surface area contributed by atoms with E-state index in [-0.39, 0.29) is 11.9 Å². The molecule has 0 aliphatic heterocycles. The molecule has 106 valence electrons. The summed E-state index contributed by atoms with van der Waals surface area (Å²) in [6.07, 6.45) is 0.758. The highest BCUT2D eigenvalue weighted by atomic mass is 79.9. The van der Waals surface area contributed by atoms with Crippen molar-refractivity contribution < 1.29 is 4.39 Å². The van der Waals surface area contributed by atoms with Crippen LogP contribution in [0, 0.1) is 12.7 Å². The topological polar surface area (TPSA) is 12.0 Å². The van der Waals surface area contributed by atoms with E-state index in [1.54, 1.807) is 6.92 Å². The van der Waals surface area contributed by atoms with Gasteiger partial charge in [-0.3, -0.25) is 0 Å². The van der Waals surface area contributed by atoms with Gasteiger partial charge >= 0.3 is 0 Å². The molecule has 0 spiro atoms. The van der Waals surface area contributed by atoms with Crippen molar-refractivity contribution in [3.63, 3.8) is 0 Å². The Hall–Kier alpha value is -0.900. The molecule has 0 saturated heterocycles. The van der Waals surface area contributed by atoms with Crippen LogP contribution in [0.3, 0.4) is 0 Å². The summed E-state index contributed by atoms with van der Waals surface area (Å²) in [5.74, 6) is -0.176. The fraction of sp³-hybridized carbons (Fsp3) is 0.250. The van der Waals surface area contributed by atoms with Crippen molar-refractivity contribution in [2.24, 2.45) is 0 Å². The SMILES string of the molecule is CNC(Cc1ccc(Br)cc1Cl)c1ccc(F)c(C)c1. The third-order valence-corrected chi connectivity index (χ3v) is 4.22. The number of benzene rings is 2. The summed E-state index contributed by atoms with van der Waals surface area (Å²) in [5.41, 5.74) is 2.78. The number of likely N-dealkylation sites (N-methyl/N-ethyl adjacent to an activating group) is 1. The van der Waals surface area contributed by atoms with Crippen LogP contribution in [0.25, 0.3) is 0 Å². The summed E-state index contributed by atoms with van der Waals surface area (Å²) in [5, 5.41) is 4.00. The van der Waals surface area contributed by atoms with Crippen molar-refractivity contribution in [1.82, 2.24) is 5.32 Å². The lowest BCUT2D eigenvalue weighted by atomic mass is 9.97. The van der Waals surface area contributed by atoms with Gasteiger partial charge in [-0.1, -0.05) is 45.7 Å². The van der Waals surface area contributed by atoms with Crippen LogP contribution in [0.15, 0.2) is 40.9 Å². The third kappa shape index (κ3) is 3.60. The molecule has 1 nitrogen and oxygen atoms in total. The summed E-state index contributed by atoms with van der Waals surface area (Å²) in [7, 11) is 1.90. The van der Waals surface area contributed by atoms with Gasteiger partial charge in [-0.15, -0.1) is 0 Å². The van der Waals surface area contributed by atoms with Crippen LogP contribution >= 0.6 is 27.5 Å². The number of hydrogen-bond donors (Lipinski definition) is 1. The van der Waals surface area contributed by atoms with Gasteiger partial charge in [-0.2, -0.15) is 0 Å². The second-order valence-corrected chi connectivity index (χ2v) is 6.11. The zero-order valence-corrected chi connectivity index (χ0v) is 13.7. The lowest BCUT2D eigenvalue weighted by Crippen LogP contribution is -2.19. The maximum absolute atomic E-state index is 13.4. The second kappa shape index (κ2) is 6.70. The van der Waals surface area contributed by atoms with Gasteiger partial charge < -0.3 is 5.32 Å². The van der Waals surface area contributed by atoms with Gasteiger partial charge in [0.2, 0.25) is 0 Å². The summed E-state index contributed by atoms with van der Waals surface area (Å²) in [4.78, 5) is 0. The minimum absolute atomic E-state index is 0.105. The molecule has 1 N–H and O–H groups in total. The van der Waals surface area contributed by atoms with Crippen LogP contribution in [-0.2, 0) is 6.42 Å². The Morgan fingerprint density at radius 1 is 1.25 bits per heavy atom. The van der Waals surface area contributed by atoms with Crippen molar-refractivity contribution >= 4 is 27.5 Å². The van der Waals surface area contributed by atoms with Gasteiger partial charge in [0.15, 0.2) is 0 Å². The second-order valence-electron chi connectivity index (χ2n) is 4.79. The largest absolute Gasteiger partial charge is 0.313 e. The van der Waals surface area contributed by atoms with E-state index in [1.165, 1.54) is 6.07 Å². The van der Waals surface area contributed by atoms with Crippen LogP contribution in [0.4, 0.5) is 4.39 Å². The van der Waals surface area contributed by atoms with Crippen LogP contribution in [0.2, 0.25) is 5.02 Å². The summed E-state index contributed by atoms with van der Waals surface area (Å²) in [6.45, 7) is 1.78. The molecular formula is C16H16BrClFN. The zero-order valence-electron chi connectivity index (χ0n) is 11.4. The summed E-state index contributed by atoms with van der Waals surface area (Å²) in [6, 6.07) is 11.2. The van der Waals surface area contributed by atoms with Crippen LogP contribution in [-0.4, -0.2) is 7.05 Å². The normalized spacial score (nSPS) is 12.4. The van der Waals surface area contributed by atoms with Gasteiger partial charge in [0, 0.05) is 15.5 Å². The Labute approximate surface area is 132 Å². The van der Waals surface area contributed by atoms with Gasteiger partial charge in [0.1, 0.15) is 5.82 Å². The number of halogens is 3. The highest BCUT2D eigenvalue weighted by Crippen LogP contribution is 2.27. The minimum Gasteiger partial charge on any atom is -0.313 e. The molecule has 0 aliphatic rings. The van der Waals surface area contributed by atoms with Gasteiger partial charge in [-0.05, 0) is 55.3 Å². The van der Waals surface area contributed by atoms with Crippen molar-refractivity contribution in [2.45, 2.75) is 19.4 Å². The Morgan fingerprint density at radius 2 is 2.00 bits per heavy atom. The fourth-order valence-electron chi connectivity index (χ4n) is 2.18. The Kier molecular flexibility index (Phi) is 5.19. The minimum atomic E-state index is -0.176. The molecule has 0 aliphatic carbocycles. The Balaban J connectivity index is 2.26. The predicted molar refractivity (Wildman–Crippen MR) is 85.8 cm³/mol. The molecule has 4 heteroatoms. The summed E-state index contributed by atoms with van der Waals surface area (Å²) < 4.78 is 14.3. The predicted octanol–water partition coefficient (Wildman–Crippen LogP) is 5.05. The van der Waals surface area contributed by atoms with E-state index in [1.807, 2.05) is 37.4 Å². The zero-order chi connectivity index (χ0) is 14.7. The quantitative estimate of drug-likeness (QED) is 0.808. The molecule has 1 unspecified atom stereocenters. The van der Waals surface area contributed by atoms with E-state index in [2.05, 4.69) is 21.2 Å². The highest BCUT2D eigenvalue weighted by Gasteiger charge is 2.13. The molecule has 0 amide bonds. The molecule has 0 bridgehead atoms. The van der Waals surface area contributed by atoms with Crippen molar-refractivity contribution in [3.8, 4) is 0 Å². The number of hydrogen-bond acceptors (Lipinski definition) is 1. The molecular weight excluding hydrogens is 341 g/mol. The van der Waals surface area contributed by atoms with Crippen LogP contribution in [0.5, 0.6) is 0 Å². The van der Waals surface area contributed by atoms with Crippen molar-refractivity contribution in [2.75, 3.05) is 7.05 Å². The third-order valence-electron chi connectivity index (χ3n) is 3.37. The van der Waals surface area contributed by atoms with E-state index in [0.29, 0.717) is 5.56 Å². The molecule has 0 fully saturated rings. The molecule has 0 saturated carbocycles. The molecule has 20 heavy (non-hydrogen) atoms. The molecule has 2 rings (SSSR count). The Morgan fingerprint density at radius 3 is 2.60 bits per heavy atom. The molecule has 2 aromatic carbocycles. The molecule has 1 atom stereocenters. The van der Waals surface area contributed by atoms with Gasteiger partial charge in [0.05, 0.1) is 0 Å². The monoisotopic (exact) mass is 355 g/mol. The molecule has 0 radical (unpaired) electrons. The maximum atomic E-state index is 13.4. The first-order valence-electron chi connectivity index (χ1n) is 6.38. The van der Waals surface area contributed by atoms with Crippen molar-refractivity contribution in [3.05, 3.63) is 68.4 Å². The molecule has 2 aromatic rings. The highest BCUT2D eigenvalue weighted by molar-refractivity contribution is 9.10. The average molecular weight is 357 g/mol. The lowest BCUT2D eigenvalue weighted by Gasteiger charge is -2.18.